The highest BCUT2D eigenvalue weighted by atomic mass is 15.2. The van der Waals surface area contributed by atoms with Gasteiger partial charge in [-0.15, -0.1) is 0 Å². The third-order valence-electron chi connectivity index (χ3n) is 6.41. The molecule has 0 aliphatic carbocycles. The number of benzene rings is 1. The minimum absolute atomic E-state index is 0.452. The van der Waals surface area contributed by atoms with Gasteiger partial charge in [-0.25, -0.2) is 4.98 Å². The molecular formula is C26H30N6. The Kier molecular flexibility index (Phi) is 5.86. The molecule has 0 saturated carbocycles. The molecule has 32 heavy (non-hydrogen) atoms. The van der Waals surface area contributed by atoms with Crippen LogP contribution in [0.2, 0.25) is 0 Å². The summed E-state index contributed by atoms with van der Waals surface area (Å²) in [5, 5.41) is 12.0. The molecule has 3 aromatic heterocycles. The highest BCUT2D eigenvalue weighted by Crippen LogP contribution is 2.29. The smallest absolute Gasteiger partial charge is 0.157 e. The van der Waals surface area contributed by atoms with Crippen molar-refractivity contribution in [2.45, 2.75) is 45.7 Å². The van der Waals surface area contributed by atoms with Gasteiger partial charge in [0.05, 0.1) is 17.6 Å². The maximum atomic E-state index is 4.95. The van der Waals surface area contributed by atoms with Gasteiger partial charge in [-0.05, 0) is 68.6 Å². The number of hydrogen-bond donors (Lipinski definition) is 2. The minimum atomic E-state index is 0.452. The van der Waals surface area contributed by atoms with Gasteiger partial charge >= 0.3 is 0 Å². The number of piperidine rings is 1. The van der Waals surface area contributed by atoms with Crippen LogP contribution in [-0.2, 0) is 13.1 Å². The molecule has 6 heteroatoms. The van der Waals surface area contributed by atoms with Crippen molar-refractivity contribution in [2.75, 3.05) is 18.4 Å². The van der Waals surface area contributed by atoms with E-state index in [9.17, 15) is 0 Å². The molecule has 5 rings (SSSR count). The van der Waals surface area contributed by atoms with Crippen molar-refractivity contribution in [1.82, 2.24) is 25.1 Å². The predicted molar refractivity (Wildman–Crippen MR) is 129 cm³/mol. The van der Waals surface area contributed by atoms with Gasteiger partial charge in [0.15, 0.2) is 11.5 Å². The first-order valence-electron chi connectivity index (χ1n) is 11.4. The van der Waals surface area contributed by atoms with Crippen LogP contribution in [0.1, 0.15) is 47.0 Å². The molecule has 1 fully saturated rings. The number of nitrogens with zero attached hydrogens (tertiary/aromatic N) is 4. The standard InChI is InChI=1S/C26H30N6/c1-18-7-3-4-9-20(18)16-32-14-6-10-21(17-32)24-13-12-23-25(30-31-26(23)29-24)27-15-22-11-5-8-19(2)28-22/h3-5,7-9,11-13,21H,6,10,14-17H2,1-2H3,(H2,27,29,30,31)/t21-/m1/s1. The normalized spacial score (nSPS) is 17.0. The van der Waals surface area contributed by atoms with E-state index in [0.29, 0.717) is 12.5 Å². The van der Waals surface area contributed by atoms with Crippen LogP contribution in [0.25, 0.3) is 11.0 Å². The molecular weight excluding hydrogens is 396 g/mol. The molecule has 1 saturated heterocycles. The second kappa shape index (κ2) is 9.09. The summed E-state index contributed by atoms with van der Waals surface area (Å²) in [6, 6.07) is 19.1. The van der Waals surface area contributed by atoms with E-state index in [-0.39, 0.29) is 0 Å². The molecule has 1 aliphatic rings. The first-order chi connectivity index (χ1) is 15.7. The number of H-pyrrole nitrogens is 1. The van der Waals surface area contributed by atoms with Crippen molar-refractivity contribution in [3.63, 3.8) is 0 Å². The monoisotopic (exact) mass is 426 g/mol. The topological polar surface area (TPSA) is 69.7 Å². The lowest BCUT2D eigenvalue weighted by Crippen LogP contribution is -2.34. The fraction of sp³-hybridized carbons (Fsp3) is 0.346. The lowest BCUT2D eigenvalue weighted by molar-refractivity contribution is 0.198. The van der Waals surface area contributed by atoms with Gasteiger partial charge in [0, 0.05) is 30.4 Å². The van der Waals surface area contributed by atoms with Gasteiger partial charge in [0.1, 0.15) is 0 Å². The van der Waals surface area contributed by atoms with E-state index in [1.807, 2.05) is 25.1 Å². The number of aromatic nitrogens is 4. The lowest BCUT2D eigenvalue weighted by atomic mass is 9.93. The number of aromatic amines is 1. The van der Waals surface area contributed by atoms with E-state index in [2.05, 4.69) is 68.7 Å². The summed E-state index contributed by atoms with van der Waals surface area (Å²) in [5.41, 5.74) is 6.81. The number of aryl methyl sites for hydroxylation is 2. The Morgan fingerprint density at radius 2 is 1.94 bits per heavy atom. The SMILES string of the molecule is Cc1cccc(CNc2n[nH]c3nc([C@@H]4CCCN(Cc5ccccc5C)C4)ccc23)n1. The molecule has 0 radical (unpaired) electrons. The largest absolute Gasteiger partial charge is 0.362 e. The molecule has 0 spiro atoms. The molecule has 1 aromatic carbocycles. The summed E-state index contributed by atoms with van der Waals surface area (Å²) in [4.78, 5) is 12.1. The zero-order chi connectivity index (χ0) is 21.9. The summed E-state index contributed by atoms with van der Waals surface area (Å²) >= 11 is 0. The fourth-order valence-corrected chi connectivity index (χ4v) is 4.62. The Balaban J connectivity index is 1.28. The number of pyridine rings is 2. The molecule has 4 heterocycles. The van der Waals surface area contributed by atoms with Gasteiger partial charge < -0.3 is 5.32 Å². The molecule has 2 N–H and O–H groups in total. The summed E-state index contributed by atoms with van der Waals surface area (Å²) in [5.74, 6) is 1.28. The number of fused-ring (bicyclic) bond motifs is 1. The Bertz CT molecular complexity index is 1210. The Morgan fingerprint density at radius 3 is 2.81 bits per heavy atom. The zero-order valence-electron chi connectivity index (χ0n) is 18.8. The van der Waals surface area contributed by atoms with Gasteiger partial charge in [-0.3, -0.25) is 15.0 Å². The van der Waals surface area contributed by atoms with Crippen LogP contribution in [0, 0.1) is 13.8 Å². The second-order valence-electron chi connectivity index (χ2n) is 8.83. The van der Waals surface area contributed by atoms with Gasteiger partial charge in [-0.2, -0.15) is 5.10 Å². The van der Waals surface area contributed by atoms with E-state index >= 15 is 0 Å². The number of anilines is 1. The van der Waals surface area contributed by atoms with Gasteiger partial charge in [0.25, 0.3) is 0 Å². The highest BCUT2D eigenvalue weighted by Gasteiger charge is 2.23. The molecule has 1 aliphatic heterocycles. The highest BCUT2D eigenvalue weighted by molar-refractivity contribution is 5.87. The number of likely N-dealkylation sites (tertiary alicyclic amines) is 1. The summed E-state index contributed by atoms with van der Waals surface area (Å²) in [6.45, 7) is 8.05. The quantitative estimate of drug-likeness (QED) is 0.456. The molecule has 0 amide bonds. The van der Waals surface area contributed by atoms with E-state index in [4.69, 9.17) is 4.98 Å². The Hall–Kier alpha value is -3.25. The van der Waals surface area contributed by atoms with Crippen LogP contribution in [0.3, 0.4) is 0 Å². The molecule has 4 aromatic rings. The van der Waals surface area contributed by atoms with Crippen molar-refractivity contribution >= 4 is 16.9 Å². The van der Waals surface area contributed by atoms with E-state index in [1.54, 1.807) is 0 Å². The van der Waals surface area contributed by atoms with E-state index in [1.165, 1.54) is 24.0 Å². The third-order valence-corrected chi connectivity index (χ3v) is 6.41. The van der Waals surface area contributed by atoms with Crippen LogP contribution in [0.4, 0.5) is 5.82 Å². The number of hydrogen-bond acceptors (Lipinski definition) is 5. The number of rotatable bonds is 6. The van der Waals surface area contributed by atoms with Crippen molar-refractivity contribution < 1.29 is 0 Å². The number of nitrogens with one attached hydrogen (secondary N) is 2. The van der Waals surface area contributed by atoms with Crippen LogP contribution >= 0.6 is 0 Å². The van der Waals surface area contributed by atoms with Crippen LogP contribution in [0.5, 0.6) is 0 Å². The first-order valence-corrected chi connectivity index (χ1v) is 11.4. The minimum Gasteiger partial charge on any atom is -0.362 e. The van der Waals surface area contributed by atoms with E-state index in [0.717, 1.165) is 53.6 Å². The van der Waals surface area contributed by atoms with Gasteiger partial charge in [-0.1, -0.05) is 30.3 Å². The van der Waals surface area contributed by atoms with Crippen molar-refractivity contribution in [3.8, 4) is 0 Å². The average Bonchev–Trinajstić information content (AvgIpc) is 3.22. The van der Waals surface area contributed by atoms with E-state index < -0.39 is 0 Å². The molecule has 0 unspecified atom stereocenters. The molecule has 164 valence electrons. The Morgan fingerprint density at radius 1 is 1.03 bits per heavy atom. The van der Waals surface area contributed by atoms with Crippen LogP contribution in [0.15, 0.2) is 54.6 Å². The zero-order valence-corrected chi connectivity index (χ0v) is 18.8. The maximum absolute atomic E-state index is 4.95. The third kappa shape index (κ3) is 4.50. The van der Waals surface area contributed by atoms with Crippen LogP contribution in [-0.4, -0.2) is 38.2 Å². The van der Waals surface area contributed by atoms with Crippen molar-refractivity contribution in [2.24, 2.45) is 0 Å². The van der Waals surface area contributed by atoms with Crippen LogP contribution < -0.4 is 5.32 Å². The summed E-state index contributed by atoms with van der Waals surface area (Å²) < 4.78 is 0. The fourth-order valence-electron chi connectivity index (χ4n) is 4.62. The summed E-state index contributed by atoms with van der Waals surface area (Å²) in [7, 11) is 0. The van der Waals surface area contributed by atoms with Gasteiger partial charge in [0.2, 0.25) is 0 Å². The molecule has 1 atom stereocenters. The summed E-state index contributed by atoms with van der Waals surface area (Å²) in [6.07, 6.45) is 2.39. The Labute approximate surface area is 189 Å². The maximum Gasteiger partial charge on any atom is 0.157 e. The second-order valence-corrected chi connectivity index (χ2v) is 8.83. The lowest BCUT2D eigenvalue weighted by Gasteiger charge is -2.32. The first kappa shape index (κ1) is 20.6. The molecule has 6 nitrogen and oxygen atoms in total. The molecule has 0 bridgehead atoms. The average molecular weight is 427 g/mol. The predicted octanol–water partition coefficient (Wildman–Crippen LogP) is 4.96. The van der Waals surface area contributed by atoms with Crippen molar-refractivity contribution in [3.05, 3.63) is 82.8 Å². The van der Waals surface area contributed by atoms with Crippen molar-refractivity contribution in [1.29, 1.82) is 0 Å².